The van der Waals surface area contributed by atoms with E-state index in [1.165, 1.54) is 6.26 Å². The second-order valence-electron chi connectivity index (χ2n) is 7.78. The number of benzene rings is 2. The van der Waals surface area contributed by atoms with Gasteiger partial charge < -0.3 is 19.1 Å². The standard InChI is InChI=1S/C21H21N3O6S/c1-31(26,27)16-5-2-13(3-6-16)10-24-11-15(25)9-17(24)21-22-20(23-30-21)14-4-7-18-19(8-14)29-12-28-18/h2-8,15,17,25H,9-12H2,1H3/t15-,17+/m1/s1. The summed E-state index contributed by atoms with van der Waals surface area (Å²) in [6.07, 6.45) is 1.15. The quantitative estimate of drug-likeness (QED) is 0.633. The van der Waals surface area contributed by atoms with Gasteiger partial charge in [0.15, 0.2) is 21.3 Å². The summed E-state index contributed by atoms with van der Waals surface area (Å²) < 4.78 is 39.6. The molecule has 1 aromatic heterocycles. The fraction of sp³-hybridized carbons (Fsp3) is 0.333. The summed E-state index contributed by atoms with van der Waals surface area (Å²) in [5.74, 6) is 2.18. The molecule has 1 fully saturated rings. The van der Waals surface area contributed by atoms with E-state index in [2.05, 4.69) is 15.0 Å². The van der Waals surface area contributed by atoms with Gasteiger partial charge in [-0.25, -0.2) is 8.42 Å². The van der Waals surface area contributed by atoms with Crippen molar-refractivity contribution < 1.29 is 27.5 Å². The highest BCUT2D eigenvalue weighted by Gasteiger charge is 2.36. The molecule has 0 bridgehead atoms. The number of rotatable bonds is 5. The van der Waals surface area contributed by atoms with Gasteiger partial charge in [0.2, 0.25) is 18.5 Å². The minimum atomic E-state index is -3.24. The molecule has 2 aromatic carbocycles. The van der Waals surface area contributed by atoms with Crippen LogP contribution < -0.4 is 9.47 Å². The lowest BCUT2D eigenvalue weighted by atomic mass is 10.1. The third-order valence-corrected chi connectivity index (χ3v) is 6.60. The topological polar surface area (TPSA) is 115 Å². The molecule has 5 rings (SSSR count). The summed E-state index contributed by atoms with van der Waals surface area (Å²) in [6, 6.07) is 12.0. The molecule has 10 heteroatoms. The van der Waals surface area contributed by atoms with Gasteiger partial charge in [-0.15, -0.1) is 0 Å². The number of aliphatic hydroxyl groups is 1. The van der Waals surface area contributed by atoms with Crippen LogP contribution in [0.3, 0.4) is 0 Å². The number of hydrogen-bond donors (Lipinski definition) is 1. The maximum Gasteiger partial charge on any atom is 0.244 e. The van der Waals surface area contributed by atoms with E-state index in [4.69, 9.17) is 14.0 Å². The molecule has 0 amide bonds. The Morgan fingerprint density at radius 1 is 1.13 bits per heavy atom. The molecular weight excluding hydrogens is 422 g/mol. The second kappa shape index (κ2) is 7.63. The number of aliphatic hydroxyl groups excluding tert-OH is 1. The average molecular weight is 443 g/mol. The summed E-state index contributed by atoms with van der Waals surface area (Å²) in [7, 11) is -3.24. The van der Waals surface area contributed by atoms with Gasteiger partial charge in [0.1, 0.15) is 0 Å². The molecule has 9 nitrogen and oxygen atoms in total. The van der Waals surface area contributed by atoms with Crippen LogP contribution in [-0.4, -0.2) is 54.3 Å². The van der Waals surface area contributed by atoms with Crippen LogP contribution in [0.1, 0.15) is 23.9 Å². The second-order valence-corrected chi connectivity index (χ2v) is 9.79. The summed E-state index contributed by atoms with van der Waals surface area (Å²) in [4.78, 5) is 6.88. The number of ether oxygens (including phenoxy) is 2. The summed E-state index contributed by atoms with van der Waals surface area (Å²) in [6.45, 7) is 1.17. The van der Waals surface area contributed by atoms with Crippen LogP contribution in [-0.2, 0) is 16.4 Å². The van der Waals surface area contributed by atoms with Crippen molar-refractivity contribution in [3.8, 4) is 22.9 Å². The van der Waals surface area contributed by atoms with Crippen LogP contribution in [0.15, 0.2) is 51.9 Å². The first kappa shape index (κ1) is 20.0. The minimum absolute atomic E-state index is 0.191. The number of fused-ring (bicyclic) bond motifs is 1. The van der Waals surface area contributed by atoms with Crippen LogP contribution in [0.25, 0.3) is 11.4 Å². The Labute approximate surface area is 179 Å². The third-order valence-electron chi connectivity index (χ3n) is 5.48. The third kappa shape index (κ3) is 4.01. The van der Waals surface area contributed by atoms with Gasteiger partial charge >= 0.3 is 0 Å². The Balaban J connectivity index is 1.35. The van der Waals surface area contributed by atoms with E-state index < -0.39 is 15.9 Å². The van der Waals surface area contributed by atoms with Crippen molar-refractivity contribution in [2.75, 3.05) is 19.6 Å². The zero-order valence-electron chi connectivity index (χ0n) is 16.8. The molecule has 2 aliphatic rings. The van der Waals surface area contributed by atoms with Crippen LogP contribution in [0, 0.1) is 0 Å². The highest BCUT2D eigenvalue weighted by molar-refractivity contribution is 7.90. The number of nitrogens with zero attached hydrogens (tertiary/aromatic N) is 3. The van der Waals surface area contributed by atoms with Gasteiger partial charge in [-0.1, -0.05) is 17.3 Å². The van der Waals surface area contributed by atoms with Gasteiger partial charge in [0, 0.05) is 24.9 Å². The molecule has 3 aromatic rings. The lowest BCUT2D eigenvalue weighted by molar-refractivity contribution is 0.169. The van der Waals surface area contributed by atoms with Crippen molar-refractivity contribution in [1.29, 1.82) is 0 Å². The van der Waals surface area contributed by atoms with Crippen molar-refractivity contribution in [3.63, 3.8) is 0 Å². The van der Waals surface area contributed by atoms with Crippen LogP contribution >= 0.6 is 0 Å². The summed E-state index contributed by atoms with van der Waals surface area (Å²) in [5.41, 5.74) is 1.68. The number of aromatic nitrogens is 2. The van der Waals surface area contributed by atoms with E-state index >= 15 is 0 Å². The first-order valence-electron chi connectivity index (χ1n) is 9.81. The number of likely N-dealkylation sites (tertiary alicyclic amines) is 1. The van der Waals surface area contributed by atoms with Crippen LogP contribution in [0.5, 0.6) is 11.5 Å². The van der Waals surface area contributed by atoms with Gasteiger partial charge in [-0.2, -0.15) is 4.98 Å². The van der Waals surface area contributed by atoms with Crippen molar-refractivity contribution in [3.05, 3.63) is 53.9 Å². The van der Waals surface area contributed by atoms with Crippen LogP contribution in [0.4, 0.5) is 0 Å². The molecule has 0 spiro atoms. The molecule has 2 aliphatic heterocycles. The van der Waals surface area contributed by atoms with Gasteiger partial charge in [-0.3, -0.25) is 4.90 Å². The SMILES string of the molecule is CS(=O)(=O)c1ccc(CN2C[C@H](O)C[C@H]2c2nc(-c3ccc4c(c3)OCO4)no2)cc1. The fourth-order valence-corrected chi connectivity index (χ4v) is 4.54. The predicted molar refractivity (Wildman–Crippen MR) is 109 cm³/mol. The van der Waals surface area contributed by atoms with Gasteiger partial charge in [0.25, 0.3) is 0 Å². The van der Waals surface area contributed by atoms with E-state index in [9.17, 15) is 13.5 Å². The molecule has 162 valence electrons. The average Bonchev–Trinajstić information content (AvgIpc) is 3.46. The molecular formula is C21H21N3O6S. The van der Waals surface area contributed by atoms with Crippen molar-refractivity contribution in [2.45, 2.75) is 30.0 Å². The van der Waals surface area contributed by atoms with Gasteiger partial charge in [-0.05, 0) is 42.3 Å². The maximum absolute atomic E-state index is 11.7. The van der Waals surface area contributed by atoms with Crippen molar-refractivity contribution in [2.24, 2.45) is 0 Å². The Bertz CT molecular complexity index is 1210. The highest BCUT2D eigenvalue weighted by atomic mass is 32.2. The number of hydrogen-bond acceptors (Lipinski definition) is 9. The van der Waals surface area contributed by atoms with Crippen molar-refractivity contribution >= 4 is 9.84 Å². The Morgan fingerprint density at radius 2 is 1.90 bits per heavy atom. The Kier molecular flexibility index (Phi) is 4.92. The highest BCUT2D eigenvalue weighted by Crippen LogP contribution is 2.37. The monoisotopic (exact) mass is 443 g/mol. The zero-order valence-corrected chi connectivity index (χ0v) is 17.6. The van der Waals surface area contributed by atoms with E-state index in [0.717, 1.165) is 11.1 Å². The molecule has 3 heterocycles. The van der Waals surface area contributed by atoms with Crippen molar-refractivity contribution in [1.82, 2.24) is 15.0 Å². The summed E-state index contributed by atoms with van der Waals surface area (Å²) in [5, 5.41) is 14.4. The van der Waals surface area contributed by atoms with E-state index in [1.807, 2.05) is 12.1 Å². The molecule has 0 radical (unpaired) electrons. The van der Waals surface area contributed by atoms with E-state index in [1.54, 1.807) is 30.3 Å². The summed E-state index contributed by atoms with van der Waals surface area (Å²) >= 11 is 0. The molecule has 2 atom stereocenters. The van der Waals surface area contributed by atoms with Crippen LogP contribution in [0.2, 0.25) is 0 Å². The molecule has 31 heavy (non-hydrogen) atoms. The number of sulfone groups is 1. The lowest BCUT2D eigenvalue weighted by Crippen LogP contribution is -2.24. The Hall–Kier alpha value is -2.95. The molecule has 0 aliphatic carbocycles. The lowest BCUT2D eigenvalue weighted by Gasteiger charge is -2.21. The molecule has 0 saturated carbocycles. The van der Waals surface area contributed by atoms with Gasteiger partial charge in [0.05, 0.1) is 17.0 Å². The first-order valence-corrected chi connectivity index (χ1v) is 11.7. The Morgan fingerprint density at radius 3 is 2.68 bits per heavy atom. The van der Waals surface area contributed by atoms with E-state index in [0.29, 0.717) is 42.7 Å². The molecule has 1 N–H and O–H groups in total. The first-order chi connectivity index (χ1) is 14.9. The minimum Gasteiger partial charge on any atom is -0.454 e. The normalized spacial score (nSPS) is 21.0. The molecule has 0 unspecified atom stereocenters. The molecule has 1 saturated heterocycles. The van der Waals surface area contributed by atoms with E-state index in [-0.39, 0.29) is 17.7 Å². The fourth-order valence-electron chi connectivity index (χ4n) is 3.91. The smallest absolute Gasteiger partial charge is 0.244 e. The zero-order chi connectivity index (χ0) is 21.6. The number of β-amino-alcohol motifs (C(OH)–C–C–N with tert-alkyl or cyclic N) is 1. The predicted octanol–water partition coefficient (Wildman–Crippen LogP) is 2.18. The maximum atomic E-state index is 11.7. The largest absolute Gasteiger partial charge is 0.454 e.